The SMILES string of the molecule is CC(=O)[O-].CC(=O)[O-].CCCCc1ccc(NC2=NCCCN2)cc1.[Cu+2]. The number of nitrogens with one attached hydrogen (secondary N) is 2. The third-order valence-electron chi connectivity index (χ3n) is 2.93. The second-order valence-corrected chi connectivity index (χ2v) is 5.42. The third kappa shape index (κ3) is 16.8. The first kappa shape index (κ1) is 26.2. The molecule has 7 nitrogen and oxygen atoms in total. The van der Waals surface area contributed by atoms with Crippen molar-refractivity contribution in [1.29, 1.82) is 0 Å². The average Bonchev–Trinajstić information content (AvgIpc) is 2.54. The minimum absolute atomic E-state index is 0. The standard InChI is InChI=1S/C14H21N3.2C2H4O2.Cu/c1-2-3-5-12-6-8-13(9-7-12)17-14-15-10-4-11-16-14;2*1-2(3)4;/h6-9H,2-5,10-11H2,1H3,(H2,15,16,17);2*1H3,(H,3,4);/q;;;+2/p-2. The first-order chi connectivity index (χ1) is 11.8. The zero-order valence-corrected chi connectivity index (χ0v) is 16.4. The van der Waals surface area contributed by atoms with E-state index in [0.717, 1.165) is 45.0 Å². The van der Waals surface area contributed by atoms with Gasteiger partial charge in [0, 0.05) is 30.7 Å². The van der Waals surface area contributed by atoms with Gasteiger partial charge in [-0.1, -0.05) is 25.5 Å². The summed E-state index contributed by atoms with van der Waals surface area (Å²) in [6.45, 7) is 6.10. The van der Waals surface area contributed by atoms with Gasteiger partial charge in [0.25, 0.3) is 0 Å². The molecule has 149 valence electrons. The number of anilines is 1. The van der Waals surface area contributed by atoms with Crippen LogP contribution >= 0.6 is 0 Å². The van der Waals surface area contributed by atoms with Crippen LogP contribution in [0.3, 0.4) is 0 Å². The van der Waals surface area contributed by atoms with Crippen LogP contribution in [0.15, 0.2) is 29.3 Å². The summed E-state index contributed by atoms with van der Waals surface area (Å²) in [5, 5.41) is 24.3. The fourth-order valence-corrected chi connectivity index (χ4v) is 1.89. The number of hydrogen-bond donors (Lipinski definition) is 2. The molecule has 0 atom stereocenters. The molecule has 0 aromatic heterocycles. The number of carboxylic acid groups (broad SMARTS) is 2. The Morgan fingerprint density at radius 2 is 1.69 bits per heavy atom. The molecule has 0 saturated carbocycles. The van der Waals surface area contributed by atoms with Gasteiger partial charge in [-0.3, -0.25) is 4.99 Å². The Morgan fingerprint density at radius 3 is 2.12 bits per heavy atom. The molecule has 26 heavy (non-hydrogen) atoms. The van der Waals surface area contributed by atoms with Crippen molar-refractivity contribution < 1.29 is 36.9 Å². The number of aliphatic imine (C=N–C) groups is 1. The molecule has 1 radical (unpaired) electrons. The molecule has 1 aliphatic heterocycles. The van der Waals surface area contributed by atoms with Gasteiger partial charge >= 0.3 is 17.1 Å². The number of benzene rings is 1. The summed E-state index contributed by atoms with van der Waals surface area (Å²) in [6.07, 6.45) is 4.82. The number of aliphatic carboxylic acids is 2. The Labute approximate surface area is 165 Å². The molecule has 0 bridgehead atoms. The number of hydrogen-bond acceptors (Lipinski definition) is 7. The summed E-state index contributed by atoms with van der Waals surface area (Å²) in [4.78, 5) is 22.2. The van der Waals surface area contributed by atoms with E-state index in [9.17, 15) is 0 Å². The maximum atomic E-state index is 8.89. The molecule has 0 spiro atoms. The van der Waals surface area contributed by atoms with Gasteiger partial charge < -0.3 is 30.4 Å². The molecule has 2 N–H and O–H groups in total. The number of aryl methyl sites for hydroxylation is 1. The summed E-state index contributed by atoms with van der Waals surface area (Å²) in [6, 6.07) is 8.65. The maximum absolute atomic E-state index is 8.89. The summed E-state index contributed by atoms with van der Waals surface area (Å²) >= 11 is 0. The molecule has 0 aliphatic carbocycles. The van der Waals surface area contributed by atoms with Crippen LogP contribution < -0.4 is 20.8 Å². The minimum Gasteiger partial charge on any atom is -0.550 e. The Hall–Kier alpha value is -2.05. The molecule has 1 aliphatic rings. The van der Waals surface area contributed by atoms with Crippen LogP contribution in [-0.2, 0) is 33.1 Å². The van der Waals surface area contributed by atoms with E-state index in [2.05, 4.69) is 46.8 Å². The number of carbonyl (C=O) groups is 2. The molecule has 0 fully saturated rings. The van der Waals surface area contributed by atoms with Gasteiger partial charge in [0.05, 0.1) is 0 Å². The summed E-state index contributed by atoms with van der Waals surface area (Å²) < 4.78 is 0. The van der Waals surface area contributed by atoms with E-state index in [4.69, 9.17) is 19.8 Å². The molecular formula is C18H27CuN3O4. The zero-order chi connectivity index (χ0) is 19.1. The van der Waals surface area contributed by atoms with E-state index in [1.54, 1.807) is 0 Å². The maximum Gasteiger partial charge on any atom is 2.00 e. The smallest absolute Gasteiger partial charge is 0.550 e. The Morgan fingerprint density at radius 1 is 1.15 bits per heavy atom. The fourth-order valence-electron chi connectivity index (χ4n) is 1.89. The van der Waals surface area contributed by atoms with Crippen LogP contribution in [0.2, 0.25) is 0 Å². The largest absolute Gasteiger partial charge is 2.00 e. The topological polar surface area (TPSA) is 117 Å². The number of carbonyl (C=O) groups excluding carboxylic acids is 2. The molecule has 1 aromatic rings. The van der Waals surface area contributed by atoms with Gasteiger partial charge in [0.1, 0.15) is 0 Å². The zero-order valence-electron chi connectivity index (χ0n) is 15.4. The normalized spacial score (nSPS) is 11.7. The van der Waals surface area contributed by atoms with E-state index >= 15 is 0 Å². The second-order valence-electron chi connectivity index (χ2n) is 5.42. The van der Waals surface area contributed by atoms with Gasteiger partial charge in [-0.2, -0.15) is 0 Å². The van der Waals surface area contributed by atoms with E-state index in [0.29, 0.717) is 0 Å². The average molecular weight is 413 g/mol. The van der Waals surface area contributed by atoms with Crippen LogP contribution in [0, 0.1) is 0 Å². The third-order valence-corrected chi connectivity index (χ3v) is 2.93. The van der Waals surface area contributed by atoms with E-state index < -0.39 is 11.9 Å². The minimum atomic E-state index is -1.08. The molecule has 0 saturated heterocycles. The van der Waals surface area contributed by atoms with Crippen LogP contribution in [0.1, 0.15) is 45.6 Å². The van der Waals surface area contributed by atoms with E-state index in [1.165, 1.54) is 24.8 Å². The number of rotatable bonds is 4. The number of nitrogens with zero attached hydrogens (tertiary/aromatic N) is 1. The molecule has 0 unspecified atom stereocenters. The number of unbranched alkanes of at least 4 members (excludes halogenated alkanes) is 1. The molecular weight excluding hydrogens is 386 g/mol. The first-order valence-corrected chi connectivity index (χ1v) is 8.34. The van der Waals surface area contributed by atoms with Gasteiger partial charge in [-0.05, 0) is 50.8 Å². The number of guanidine groups is 1. The molecule has 8 heteroatoms. The Balaban J connectivity index is 0. The first-order valence-electron chi connectivity index (χ1n) is 8.34. The van der Waals surface area contributed by atoms with Crippen molar-refractivity contribution in [3.63, 3.8) is 0 Å². The summed E-state index contributed by atoms with van der Waals surface area (Å²) in [5.41, 5.74) is 2.52. The van der Waals surface area contributed by atoms with Crippen LogP contribution in [-0.4, -0.2) is 31.0 Å². The van der Waals surface area contributed by atoms with E-state index in [-0.39, 0.29) is 17.1 Å². The predicted molar refractivity (Wildman–Crippen MR) is 95.0 cm³/mol. The molecule has 0 amide bonds. The monoisotopic (exact) mass is 412 g/mol. The van der Waals surface area contributed by atoms with Gasteiger partial charge in [0.15, 0.2) is 5.96 Å². The van der Waals surface area contributed by atoms with Gasteiger partial charge in [-0.15, -0.1) is 0 Å². The van der Waals surface area contributed by atoms with Crippen molar-refractivity contribution in [2.75, 3.05) is 18.4 Å². The van der Waals surface area contributed by atoms with Gasteiger partial charge in [0.2, 0.25) is 0 Å². The summed E-state index contributed by atoms with van der Waals surface area (Å²) in [5.74, 6) is -1.27. The van der Waals surface area contributed by atoms with Crippen molar-refractivity contribution in [3.8, 4) is 0 Å². The van der Waals surface area contributed by atoms with Crippen molar-refractivity contribution >= 4 is 23.6 Å². The quantitative estimate of drug-likeness (QED) is 0.687. The number of carboxylic acids is 2. The van der Waals surface area contributed by atoms with E-state index in [1.807, 2.05) is 0 Å². The Bertz CT molecular complexity index is 528. The van der Waals surface area contributed by atoms with Crippen molar-refractivity contribution in [2.24, 2.45) is 4.99 Å². The molecule has 2 rings (SSSR count). The van der Waals surface area contributed by atoms with Crippen molar-refractivity contribution in [2.45, 2.75) is 46.5 Å². The van der Waals surface area contributed by atoms with Crippen molar-refractivity contribution in [1.82, 2.24) is 5.32 Å². The van der Waals surface area contributed by atoms with Crippen LogP contribution in [0.5, 0.6) is 0 Å². The molecule has 1 heterocycles. The van der Waals surface area contributed by atoms with Crippen LogP contribution in [0.25, 0.3) is 0 Å². The van der Waals surface area contributed by atoms with Gasteiger partial charge in [-0.25, -0.2) is 0 Å². The Kier molecular flexibility index (Phi) is 16.5. The second kappa shape index (κ2) is 16.4. The van der Waals surface area contributed by atoms with Crippen LogP contribution in [0.4, 0.5) is 5.69 Å². The fraction of sp³-hybridized carbons (Fsp3) is 0.500. The predicted octanol–water partition coefficient (Wildman–Crippen LogP) is 0.300. The van der Waals surface area contributed by atoms with Crippen molar-refractivity contribution in [3.05, 3.63) is 29.8 Å². The summed E-state index contributed by atoms with van der Waals surface area (Å²) in [7, 11) is 0. The molecule has 1 aromatic carbocycles.